The number of hydrogen-bond acceptors (Lipinski definition) is 8. The molecule has 0 spiro atoms. The summed E-state index contributed by atoms with van der Waals surface area (Å²) in [7, 11) is 0. The Labute approximate surface area is 260 Å². The molecule has 45 heavy (non-hydrogen) atoms. The fourth-order valence-electron chi connectivity index (χ4n) is 6.08. The van der Waals surface area contributed by atoms with E-state index in [1.54, 1.807) is 26.8 Å². The summed E-state index contributed by atoms with van der Waals surface area (Å²) in [6.45, 7) is 10.7. The molecule has 0 radical (unpaired) electrons. The lowest BCUT2D eigenvalue weighted by molar-refractivity contribution is -0.144. The van der Waals surface area contributed by atoms with E-state index in [1.807, 2.05) is 13.8 Å². The highest BCUT2D eigenvalue weighted by Gasteiger charge is 2.72. The zero-order chi connectivity index (χ0) is 32.8. The summed E-state index contributed by atoms with van der Waals surface area (Å²) in [4.78, 5) is 63.0. The molecule has 1 saturated carbocycles. The van der Waals surface area contributed by atoms with Crippen molar-refractivity contribution in [3.8, 4) is 11.3 Å². The van der Waals surface area contributed by atoms with Gasteiger partial charge in [-0.15, -0.1) is 11.3 Å². The number of likely N-dealkylation sites (tertiary alicyclic amines) is 2. The van der Waals surface area contributed by atoms with E-state index in [9.17, 15) is 32.3 Å². The van der Waals surface area contributed by atoms with Gasteiger partial charge in [-0.1, -0.05) is 13.8 Å². The first-order chi connectivity index (χ1) is 20.9. The largest absolute Gasteiger partial charge is 0.444 e. The first-order valence-electron chi connectivity index (χ1n) is 14.5. The maximum Gasteiger partial charge on any atom is 0.433 e. The topological polar surface area (TPSA) is 122 Å². The number of nitrogens with zero attached hydrogens (tertiary/aromatic N) is 4. The molecular formula is C31H32F3N5O5S. The van der Waals surface area contributed by atoms with Gasteiger partial charge in [0.2, 0.25) is 17.7 Å². The van der Waals surface area contributed by atoms with Crippen molar-refractivity contribution in [1.29, 1.82) is 0 Å². The summed E-state index contributed by atoms with van der Waals surface area (Å²) < 4.78 is 47.6. The van der Waals surface area contributed by atoms with Gasteiger partial charge in [-0.2, -0.15) is 13.2 Å². The molecule has 3 fully saturated rings. The highest BCUT2D eigenvalue weighted by atomic mass is 32.1. The molecule has 1 aliphatic carbocycles. The van der Waals surface area contributed by atoms with Gasteiger partial charge in [0.15, 0.2) is 0 Å². The SMILES string of the molecule is Cc1cc(C(F)(F)F)nc(-c2ccnc3cc(CN4C(=O)C5C(C4=O)C5(C)C)sc23)c1NC(=O)C1CN(C(=O)OC(C)(C)C)C1. The molecule has 2 aliphatic heterocycles. The molecule has 0 aromatic carbocycles. The highest BCUT2D eigenvalue weighted by Crippen LogP contribution is 2.63. The number of fused-ring (bicyclic) bond motifs is 2. The number of imide groups is 1. The number of aryl methyl sites for hydroxylation is 1. The van der Waals surface area contributed by atoms with Gasteiger partial charge in [0.05, 0.1) is 45.9 Å². The minimum atomic E-state index is -4.75. The number of halogens is 3. The van der Waals surface area contributed by atoms with Crippen LogP contribution in [-0.4, -0.2) is 62.3 Å². The number of thiophene rings is 1. The predicted molar refractivity (Wildman–Crippen MR) is 159 cm³/mol. The second-order valence-electron chi connectivity index (χ2n) is 13.4. The summed E-state index contributed by atoms with van der Waals surface area (Å²) >= 11 is 1.20. The predicted octanol–water partition coefficient (Wildman–Crippen LogP) is 5.63. The van der Waals surface area contributed by atoms with Crippen LogP contribution < -0.4 is 5.32 Å². The fraction of sp³-hybridized carbons (Fsp3) is 0.484. The van der Waals surface area contributed by atoms with Gasteiger partial charge in [-0.05, 0) is 56.9 Å². The van der Waals surface area contributed by atoms with E-state index in [0.717, 1.165) is 6.07 Å². The van der Waals surface area contributed by atoms with Gasteiger partial charge >= 0.3 is 12.3 Å². The van der Waals surface area contributed by atoms with Crippen molar-refractivity contribution in [1.82, 2.24) is 19.8 Å². The second kappa shape index (κ2) is 10.2. The van der Waals surface area contributed by atoms with E-state index in [2.05, 4.69) is 15.3 Å². The quantitative estimate of drug-likeness (QED) is 0.358. The lowest BCUT2D eigenvalue weighted by Crippen LogP contribution is -2.55. The Bertz CT molecular complexity index is 1750. The van der Waals surface area contributed by atoms with Crippen molar-refractivity contribution in [2.75, 3.05) is 18.4 Å². The number of anilines is 1. The van der Waals surface area contributed by atoms with Crippen LogP contribution in [-0.2, 0) is 31.8 Å². The molecule has 2 unspecified atom stereocenters. The lowest BCUT2D eigenvalue weighted by atomic mass is 9.98. The molecule has 5 heterocycles. The number of rotatable bonds is 5. The third-order valence-corrected chi connectivity index (χ3v) is 9.73. The third-order valence-electron chi connectivity index (χ3n) is 8.58. The molecule has 3 aromatic heterocycles. The summed E-state index contributed by atoms with van der Waals surface area (Å²) in [5.41, 5.74) is -1.22. The Morgan fingerprint density at radius 3 is 2.36 bits per heavy atom. The zero-order valence-electron chi connectivity index (χ0n) is 25.5. The van der Waals surface area contributed by atoms with Crippen LogP contribution in [0.2, 0.25) is 0 Å². The Morgan fingerprint density at radius 2 is 1.76 bits per heavy atom. The lowest BCUT2D eigenvalue weighted by Gasteiger charge is -2.38. The van der Waals surface area contributed by atoms with Gasteiger partial charge in [0.1, 0.15) is 11.3 Å². The van der Waals surface area contributed by atoms with Crippen molar-refractivity contribution >= 4 is 51.1 Å². The number of amides is 4. The number of aromatic nitrogens is 2. The van der Waals surface area contributed by atoms with Crippen LogP contribution in [0.4, 0.5) is 23.7 Å². The summed E-state index contributed by atoms with van der Waals surface area (Å²) in [6, 6.07) is 4.11. The van der Waals surface area contributed by atoms with E-state index >= 15 is 0 Å². The van der Waals surface area contributed by atoms with E-state index < -0.39 is 35.4 Å². The first-order valence-corrected chi connectivity index (χ1v) is 15.3. The molecule has 14 heteroatoms. The number of carbonyl (C=O) groups is 4. The number of hydrogen-bond donors (Lipinski definition) is 1. The Morgan fingerprint density at radius 1 is 1.11 bits per heavy atom. The monoisotopic (exact) mass is 643 g/mol. The molecule has 4 amide bonds. The molecule has 2 saturated heterocycles. The average molecular weight is 644 g/mol. The Balaban J connectivity index is 1.30. The summed E-state index contributed by atoms with van der Waals surface area (Å²) in [6.07, 6.45) is -3.86. The smallest absolute Gasteiger partial charge is 0.433 e. The summed E-state index contributed by atoms with van der Waals surface area (Å²) in [5, 5.41) is 2.76. The fourth-order valence-corrected chi connectivity index (χ4v) is 7.20. The van der Waals surface area contributed by atoms with Crippen LogP contribution in [0.15, 0.2) is 24.4 Å². The molecule has 10 nitrogen and oxygen atoms in total. The molecule has 3 aliphatic rings. The number of nitrogens with one attached hydrogen (secondary N) is 1. The number of pyridine rings is 2. The molecule has 3 aromatic rings. The van der Waals surface area contributed by atoms with Crippen molar-refractivity contribution < 1.29 is 37.1 Å². The minimum absolute atomic E-state index is 0.0374. The van der Waals surface area contributed by atoms with Crippen molar-refractivity contribution in [3.63, 3.8) is 0 Å². The number of ether oxygens (including phenoxy) is 1. The van der Waals surface area contributed by atoms with Gasteiger partial charge in [-0.3, -0.25) is 24.3 Å². The van der Waals surface area contributed by atoms with Crippen LogP contribution in [0.3, 0.4) is 0 Å². The Kier molecular flexibility index (Phi) is 7.03. The van der Waals surface area contributed by atoms with Gasteiger partial charge in [0.25, 0.3) is 0 Å². The zero-order valence-corrected chi connectivity index (χ0v) is 26.4. The number of alkyl halides is 3. The van der Waals surface area contributed by atoms with E-state index in [1.165, 1.54) is 40.3 Å². The average Bonchev–Trinajstić information content (AvgIpc) is 3.12. The van der Waals surface area contributed by atoms with E-state index in [4.69, 9.17) is 4.74 Å². The highest BCUT2D eigenvalue weighted by molar-refractivity contribution is 7.19. The molecular weight excluding hydrogens is 611 g/mol. The van der Waals surface area contributed by atoms with Crippen LogP contribution >= 0.6 is 11.3 Å². The van der Waals surface area contributed by atoms with Crippen molar-refractivity contribution in [3.05, 3.63) is 40.5 Å². The maximum atomic E-state index is 13.9. The first kappa shape index (κ1) is 30.9. The molecule has 1 N–H and O–H groups in total. The Hall–Kier alpha value is -4.07. The number of carbonyl (C=O) groups excluding carboxylic acids is 4. The van der Waals surface area contributed by atoms with Crippen LogP contribution in [0.1, 0.15) is 50.8 Å². The summed E-state index contributed by atoms with van der Waals surface area (Å²) in [5.74, 6) is -2.16. The normalized spacial score (nSPS) is 21.2. The standard InChI is InChI=1S/C31H32F3N5O5S/c1-14-9-19(31(32,33)34)36-23(22(14)37-25(40)15-11-38(12-15)28(43)44-29(2,3)4)17-7-8-35-18-10-16(45-24(17)18)13-39-26(41)20-21(27(39)42)30(20,5)6/h7-10,15,20-21H,11-13H2,1-6H3,(H,37,40). The van der Waals surface area contributed by atoms with Crippen molar-refractivity contribution in [2.45, 2.75) is 59.9 Å². The minimum Gasteiger partial charge on any atom is -0.444 e. The van der Waals surface area contributed by atoms with Gasteiger partial charge in [-0.25, -0.2) is 9.78 Å². The van der Waals surface area contributed by atoms with Crippen LogP contribution in [0.5, 0.6) is 0 Å². The molecule has 6 rings (SSSR count). The number of piperidine rings is 1. The second-order valence-corrected chi connectivity index (χ2v) is 14.6. The molecule has 0 bridgehead atoms. The van der Waals surface area contributed by atoms with Gasteiger partial charge in [0, 0.05) is 29.7 Å². The van der Waals surface area contributed by atoms with Crippen LogP contribution in [0.25, 0.3) is 21.5 Å². The van der Waals surface area contributed by atoms with Crippen LogP contribution in [0, 0.1) is 30.1 Å². The maximum absolute atomic E-state index is 13.9. The van der Waals surface area contributed by atoms with Gasteiger partial charge < -0.3 is 15.0 Å². The third kappa shape index (κ3) is 5.42. The van der Waals surface area contributed by atoms with E-state index in [0.29, 0.717) is 20.7 Å². The molecule has 238 valence electrons. The van der Waals surface area contributed by atoms with Crippen molar-refractivity contribution in [2.24, 2.45) is 23.2 Å². The molecule has 2 atom stereocenters. The van der Waals surface area contributed by atoms with E-state index in [-0.39, 0.29) is 65.6 Å².